The SMILES string of the molecule is Clc1ccc2oc(-c3ccccc3)cc(=[NH+]Cc3ccco3)c2c1. The topological polar surface area (TPSA) is 40.2 Å². The average Bonchev–Trinajstić information content (AvgIpc) is 3.14. The Morgan fingerprint density at radius 3 is 2.58 bits per heavy atom. The van der Waals surface area contributed by atoms with E-state index in [1.165, 1.54) is 0 Å². The highest BCUT2D eigenvalue weighted by Gasteiger charge is 2.10. The van der Waals surface area contributed by atoms with E-state index in [4.69, 9.17) is 20.4 Å². The average molecular weight is 337 g/mol. The second-order valence-corrected chi connectivity index (χ2v) is 5.90. The van der Waals surface area contributed by atoms with E-state index in [9.17, 15) is 0 Å². The molecule has 0 fully saturated rings. The first-order valence-electron chi connectivity index (χ1n) is 7.68. The molecule has 2 aromatic heterocycles. The highest BCUT2D eigenvalue weighted by molar-refractivity contribution is 6.31. The van der Waals surface area contributed by atoms with Gasteiger partial charge in [0, 0.05) is 10.6 Å². The summed E-state index contributed by atoms with van der Waals surface area (Å²) >= 11 is 6.16. The molecule has 0 aliphatic rings. The van der Waals surface area contributed by atoms with Crippen LogP contribution in [-0.4, -0.2) is 0 Å². The van der Waals surface area contributed by atoms with E-state index in [1.807, 2.05) is 66.7 Å². The standard InChI is InChI=1S/C20H14ClNO2/c21-15-8-9-19-17(11-15)18(22-13-16-7-4-10-23-16)12-20(24-19)14-5-2-1-3-6-14/h1-12H,13H2/p+1. The molecular weight excluding hydrogens is 322 g/mol. The normalized spacial score (nSPS) is 12.0. The maximum atomic E-state index is 6.16. The first kappa shape index (κ1) is 14.8. The molecule has 3 nitrogen and oxygen atoms in total. The van der Waals surface area contributed by atoms with E-state index >= 15 is 0 Å². The summed E-state index contributed by atoms with van der Waals surface area (Å²) in [6, 6.07) is 21.5. The summed E-state index contributed by atoms with van der Waals surface area (Å²) < 4.78 is 11.5. The zero-order valence-corrected chi connectivity index (χ0v) is 13.6. The summed E-state index contributed by atoms with van der Waals surface area (Å²) in [5.74, 6) is 1.67. The van der Waals surface area contributed by atoms with Gasteiger partial charge in [0.2, 0.25) is 5.36 Å². The van der Waals surface area contributed by atoms with Crippen molar-refractivity contribution in [3.8, 4) is 11.3 Å². The van der Waals surface area contributed by atoms with Gasteiger partial charge in [-0.25, -0.2) is 4.99 Å². The van der Waals surface area contributed by atoms with Crippen LogP contribution >= 0.6 is 11.6 Å². The second kappa shape index (κ2) is 6.38. The van der Waals surface area contributed by atoms with E-state index < -0.39 is 0 Å². The number of nitrogens with one attached hydrogen (secondary N) is 1. The van der Waals surface area contributed by atoms with Crippen LogP contribution in [0.2, 0.25) is 5.02 Å². The molecule has 0 atom stereocenters. The van der Waals surface area contributed by atoms with Gasteiger partial charge in [-0.15, -0.1) is 0 Å². The number of hydrogen-bond acceptors (Lipinski definition) is 2. The summed E-state index contributed by atoms with van der Waals surface area (Å²) in [6.07, 6.45) is 1.67. The maximum absolute atomic E-state index is 6.16. The minimum atomic E-state index is 0.590. The van der Waals surface area contributed by atoms with Crippen molar-refractivity contribution in [2.24, 2.45) is 0 Å². The second-order valence-electron chi connectivity index (χ2n) is 5.46. The Labute approximate surface area is 143 Å². The highest BCUT2D eigenvalue weighted by Crippen LogP contribution is 2.23. The minimum absolute atomic E-state index is 0.590. The van der Waals surface area contributed by atoms with Crippen LogP contribution in [0.25, 0.3) is 22.3 Å². The Bertz CT molecular complexity index is 1030. The Kier molecular flexibility index (Phi) is 3.93. The van der Waals surface area contributed by atoms with Crippen molar-refractivity contribution in [3.63, 3.8) is 0 Å². The van der Waals surface area contributed by atoms with Crippen molar-refractivity contribution in [2.75, 3.05) is 0 Å². The lowest BCUT2D eigenvalue weighted by Crippen LogP contribution is -2.75. The zero-order valence-electron chi connectivity index (χ0n) is 12.8. The molecular formula is C20H15ClNO2+. The van der Waals surface area contributed by atoms with Gasteiger partial charge in [0.15, 0.2) is 12.3 Å². The molecule has 2 heterocycles. The van der Waals surface area contributed by atoms with Crippen molar-refractivity contribution >= 4 is 22.6 Å². The van der Waals surface area contributed by atoms with E-state index in [0.717, 1.165) is 33.4 Å². The largest absolute Gasteiger partial charge is 0.463 e. The van der Waals surface area contributed by atoms with Gasteiger partial charge in [-0.05, 0) is 30.3 Å². The van der Waals surface area contributed by atoms with E-state index in [-0.39, 0.29) is 0 Å². The van der Waals surface area contributed by atoms with Gasteiger partial charge in [0.1, 0.15) is 11.3 Å². The molecule has 2 aromatic carbocycles. The smallest absolute Gasteiger partial charge is 0.213 e. The fourth-order valence-corrected chi connectivity index (χ4v) is 2.82. The monoisotopic (exact) mass is 336 g/mol. The molecule has 0 bridgehead atoms. The molecule has 24 heavy (non-hydrogen) atoms. The maximum Gasteiger partial charge on any atom is 0.213 e. The van der Waals surface area contributed by atoms with Crippen LogP contribution in [-0.2, 0) is 6.54 Å². The molecule has 4 aromatic rings. The number of benzene rings is 2. The Morgan fingerprint density at radius 1 is 0.917 bits per heavy atom. The van der Waals surface area contributed by atoms with Crippen molar-refractivity contribution in [3.05, 3.63) is 89.1 Å². The van der Waals surface area contributed by atoms with Gasteiger partial charge in [0.05, 0.1) is 17.7 Å². The van der Waals surface area contributed by atoms with Crippen LogP contribution in [0.5, 0.6) is 0 Å². The van der Waals surface area contributed by atoms with Crippen LogP contribution in [0.4, 0.5) is 0 Å². The number of hydrogen-bond donors (Lipinski definition) is 1. The molecule has 0 radical (unpaired) electrons. The molecule has 118 valence electrons. The molecule has 4 heteroatoms. The van der Waals surface area contributed by atoms with Crippen LogP contribution in [0.1, 0.15) is 5.76 Å². The van der Waals surface area contributed by atoms with Crippen LogP contribution in [0.3, 0.4) is 0 Å². The lowest BCUT2D eigenvalue weighted by Gasteiger charge is -2.03. The third kappa shape index (κ3) is 2.99. The van der Waals surface area contributed by atoms with Gasteiger partial charge >= 0.3 is 0 Å². The Morgan fingerprint density at radius 2 is 1.79 bits per heavy atom. The van der Waals surface area contributed by atoms with Gasteiger partial charge in [0.25, 0.3) is 0 Å². The third-order valence-corrected chi connectivity index (χ3v) is 4.05. The number of fused-ring (bicyclic) bond motifs is 1. The van der Waals surface area contributed by atoms with Gasteiger partial charge in [-0.2, -0.15) is 0 Å². The predicted octanol–water partition coefficient (Wildman–Crippen LogP) is 3.53. The highest BCUT2D eigenvalue weighted by atomic mass is 35.5. The van der Waals surface area contributed by atoms with Crippen LogP contribution < -0.4 is 10.3 Å². The first-order chi connectivity index (χ1) is 11.8. The van der Waals surface area contributed by atoms with Gasteiger partial charge < -0.3 is 8.83 Å². The molecule has 0 spiro atoms. The summed E-state index contributed by atoms with van der Waals surface area (Å²) in [4.78, 5) is 3.42. The predicted molar refractivity (Wildman–Crippen MR) is 93.2 cm³/mol. The zero-order chi connectivity index (χ0) is 16.4. The molecule has 0 saturated carbocycles. The molecule has 4 rings (SSSR count). The lowest BCUT2D eigenvalue weighted by molar-refractivity contribution is -0.519. The van der Waals surface area contributed by atoms with Gasteiger partial charge in [-0.3, -0.25) is 0 Å². The van der Waals surface area contributed by atoms with Crippen molar-refractivity contribution < 1.29 is 13.8 Å². The Balaban J connectivity index is 1.91. The van der Waals surface area contributed by atoms with E-state index in [2.05, 4.69) is 4.99 Å². The molecule has 0 aliphatic heterocycles. The Hall–Kier alpha value is -2.78. The first-order valence-corrected chi connectivity index (χ1v) is 8.05. The number of furan rings is 1. The van der Waals surface area contributed by atoms with Gasteiger partial charge in [-0.1, -0.05) is 41.9 Å². The number of rotatable bonds is 3. The summed E-state index contributed by atoms with van der Waals surface area (Å²) in [6.45, 7) is 0.590. The number of halogens is 1. The molecule has 0 unspecified atom stereocenters. The summed E-state index contributed by atoms with van der Waals surface area (Å²) in [5, 5.41) is 2.56. The molecule has 1 N–H and O–H groups in total. The van der Waals surface area contributed by atoms with E-state index in [0.29, 0.717) is 11.6 Å². The molecule has 0 saturated heterocycles. The minimum Gasteiger partial charge on any atom is -0.463 e. The van der Waals surface area contributed by atoms with Crippen molar-refractivity contribution in [2.45, 2.75) is 6.54 Å². The lowest BCUT2D eigenvalue weighted by atomic mass is 10.1. The van der Waals surface area contributed by atoms with E-state index in [1.54, 1.807) is 6.26 Å². The van der Waals surface area contributed by atoms with Crippen molar-refractivity contribution in [1.82, 2.24) is 0 Å². The fourth-order valence-electron chi connectivity index (χ4n) is 2.64. The van der Waals surface area contributed by atoms with Crippen LogP contribution in [0.15, 0.2) is 81.8 Å². The molecule has 0 aliphatic carbocycles. The summed E-state index contributed by atoms with van der Waals surface area (Å²) in [7, 11) is 0. The third-order valence-electron chi connectivity index (χ3n) is 3.82. The van der Waals surface area contributed by atoms with Crippen LogP contribution in [0, 0.1) is 0 Å². The fraction of sp³-hybridized carbons (Fsp3) is 0.0500. The molecule has 0 amide bonds. The van der Waals surface area contributed by atoms with Crippen molar-refractivity contribution in [1.29, 1.82) is 0 Å². The quantitative estimate of drug-likeness (QED) is 0.621. The summed E-state index contributed by atoms with van der Waals surface area (Å²) in [5.41, 5.74) is 1.80.